The van der Waals surface area contributed by atoms with Gasteiger partial charge < -0.3 is 4.90 Å². The molecule has 0 aromatic heterocycles. The van der Waals surface area contributed by atoms with Gasteiger partial charge in [0.2, 0.25) is 10.0 Å². The molecule has 2 unspecified atom stereocenters. The van der Waals surface area contributed by atoms with Gasteiger partial charge in [-0.05, 0) is 44.4 Å². The zero-order valence-corrected chi connectivity index (χ0v) is 12.9. The second-order valence-electron chi connectivity index (χ2n) is 5.42. The van der Waals surface area contributed by atoms with E-state index in [0.717, 1.165) is 37.5 Å². The first kappa shape index (κ1) is 15.9. The van der Waals surface area contributed by atoms with Crippen LogP contribution in [0.3, 0.4) is 0 Å². The molecule has 1 aliphatic rings. The number of carbonyl (C=O) groups excluding carboxylic acids is 1. The lowest BCUT2D eigenvalue weighted by Crippen LogP contribution is -2.39. The van der Waals surface area contributed by atoms with Crippen LogP contribution in [0.2, 0.25) is 0 Å². The molecule has 2 atom stereocenters. The van der Waals surface area contributed by atoms with Crippen LogP contribution in [-0.4, -0.2) is 31.3 Å². The van der Waals surface area contributed by atoms with E-state index in [9.17, 15) is 17.6 Å². The standard InChI is InChI=1S/C14H19FN2O3S/c1-3-12-5-4-9(2)17(12)14(18)10-6-11(15)8-13(7-10)21(16,19)20/h6-9,12H,3-5H2,1-2H3,(H2,16,19,20). The summed E-state index contributed by atoms with van der Waals surface area (Å²) in [6.07, 6.45) is 2.61. The molecule has 0 aliphatic carbocycles. The van der Waals surface area contributed by atoms with Crippen molar-refractivity contribution in [2.24, 2.45) is 5.14 Å². The van der Waals surface area contributed by atoms with Crippen molar-refractivity contribution in [2.75, 3.05) is 0 Å². The monoisotopic (exact) mass is 314 g/mol. The van der Waals surface area contributed by atoms with E-state index in [4.69, 9.17) is 5.14 Å². The normalized spacial score (nSPS) is 22.6. The molecule has 0 bridgehead atoms. The van der Waals surface area contributed by atoms with Crippen LogP contribution < -0.4 is 5.14 Å². The van der Waals surface area contributed by atoms with Crippen molar-refractivity contribution in [1.29, 1.82) is 0 Å². The van der Waals surface area contributed by atoms with Gasteiger partial charge in [-0.25, -0.2) is 17.9 Å². The summed E-state index contributed by atoms with van der Waals surface area (Å²) >= 11 is 0. The molecule has 1 amide bonds. The zero-order valence-electron chi connectivity index (χ0n) is 12.0. The summed E-state index contributed by atoms with van der Waals surface area (Å²) in [5, 5.41) is 5.01. The molecule has 7 heteroatoms. The number of likely N-dealkylation sites (tertiary alicyclic amines) is 1. The van der Waals surface area contributed by atoms with Gasteiger partial charge in [0.25, 0.3) is 5.91 Å². The Labute approximate surface area is 124 Å². The number of benzene rings is 1. The SMILES string of the molecule is CCC1CCC(C)N1C(=O)c1cc(F)cc(S(N)(=O)=O)c1. The van der Waals surface area contributed by atoms with Gasteiger partial charge in [-0.1, -0.05) is 6.92 Å². The third-order valence-corrected chi connectivity index (χ3v) is 4.83. The number of nitrogens with zero attached hydrogens (tertiary/aromatic N) is 1. The molecule has 2 rings (SSSR count). The Morgan fingerprint density at radius 1 is 1.38 bits per heavy atom. The van der Waals surface area contributed by atoms with Gasteiger partial charge in [-0.3, -0.25) is 4.79 Å². The van der Waals surface area contributed by atoms with E-state index in [1.54, 1.807) is 4.90 Å². The fourth-order valence-corrected chi connectivity index (χ4v) is 3.41. The van der Waals surface area contributed by atoms with Crippen molar-refractivity contribution in [3.05, 3.63) is 29.6 Å². The summed E-state index contributed by atoms with van der Waals surface area (Å²) in [6, 6.07) is 3.17. The maximum Gasteiger partial charge on any atom is 0.254 e. The van der Waals surface area contributed by atoms with Crippen LogP contribution in [0.15, 0.2) is 23.1 Å². The second kappa shape index (κ2) is 5.73. The third kappa shape index (κ3) is 3.24. The average Bonchev–Trinajstić information content (AvgIpc) is 2.77. The van der Waals surface area contributed by atoms with E-state index in [1.807, 2.05) is 13.8 Å². The Morgan fingerprint density at radius 3 is 2.62 bits per heavy atom. The lowest BCUT2D eigenvalue weighted by molar-refractivity contribution is 0.0675. The fraction of sp³-hybridized carbons (Fsp3) is 0.500. The number of sulfonamides is 1. The number of primary sulfonamides is 1. The number of halogens is 1. The summed E-state index contributed by atoms with van der Waals surface area (Å²) in [5.74, 6) is -1.14. The molecule has 1 heterocycles. The number of hydrogen-bond donors (Lipinski definition) is 1. The highest BCUT2D eigenvalue weighted by molar-refractivity contribution is 7.89. The molecule has 1 aromatic carbocycles. The maximum absolute atomic E-state index is 13.6. The van der Waals surface area contributed by atoms with E-state index in [2.05, 4.69) is 0 Å². The van der Waals surface area contributed by atoms with Crippen LogP contribution in [0.4, 0.5) is 4.39 Å². The van der Waals surface area contributed by atoms with Gasteiger partial charge in [-0.2, -0.15) is 0 Å². The molecular formula is C14H19FN2O3S. The van der Waals surface area contributed by atoms with Crippen LogP contribution >= 0.6 is 0 Å². The summed E-state index contributed by atoms with van der Waals surface area (Å²) in [6.45, 7) is 3.93. The lowest BCUT2D eigenvalue weighted by Gasteiger charge is -2.28. The predicted octanol–water partition coefficient (Wildman–Crippen LogP) is 1.88. The summed E-state index contributed by atoms with van der Waals surface area (Å²) in [7, 11) is -4.05. The molecule has 21 heavy (non-hydrogen) atoms. The van der Waals surface area contributed by atoms with Gasteiger partial charge in [0, 0.05) is 17.6 Å². The molecule has 116 valence electrons. The van der Waals surface area contributed by atoms with E-state index in [1.165, 1.54) is 0 Å². The van der Waals surface area contributed by atoms with Gasteiger partial charge in [0.15, 0.2) is 0 Å². The highest BCUT2D eigenvalue weighted by Crippen LogP contribution is 2.28. The molecule has 1 fully saturated rings. The number of amides is 1. The van der Waals surface area contributed by atoms with Gasteiger partial charge >= 0.3 is 0 Å². The Hall–Kier alpha value is -1.47. The Bertz CT molecular complexity index is 660. The molecule has 2 N–H and O–H groups in total. The highest BCUT2D eigenvalue weighted by atomic mass is 32.2. The molecule has 0 spiro atoms. The minimum Gasteiger partial charge on any atom is -0.333 e. The van der Waals surface area contributed by atoms with E-state index < -0.39 is 15.8 Å². The Balaban J connectivity index is 2.42. The van der Waals surface area contributed by atoms with Crippen molar-refractivity contribution >= 4 is 15.9 Å². The lowest BCUT2D eigenvalue weighted by atomic mass is 10.1. The van der Waals surface area contributed by atoms with E-state index >= 15 is 0 Å². The van der Waals surface area contributed by atoms with E-state index in [-0.39, 0.29) is 28.4 Å². The minimum atomic E-state index is -4.05. The Morgan fingerprint density at radius 2 is 2.05 bits per heavy atom. The van der Waals surface area contributed by atoms with Crippen LogP contribution in [0.1, 0.15) is 43.5 Å². The van der Waals surface area contributed by atoms with Crippen molar-refractivity contribution < 1.29 is 17.6 Å². The third-order valence-electron chi connectivity index (χ3n) is 3.94. The summed E-state index contributed by atoms with van der Waals surface area (Å²) < 4.78 is 36.3. The van der Waals surface area contributed by atoms with Crippen LogP contribution in [0, 0.1) is 5.82 Å². The molecule has 1 saturated heterocycles. The second-order valence-corrected chi connectivity index (χ2v) is 6.98. The maximum atomic E-state index is 13.6. The smallest absolute Gasteiger partial charge is 0.254 e. The molecule has 1 aliphatic heterocycles. The highest BCUT2D eigenvalue weighted by Gasteiger charge is 2.34. The van der Waals surface area contributed by atoms with Gasteiger partial charge in [0.05, 0.1) is 4.90 Å². The molecule has 5 nitrogen and oxygen atoms in total. The quantitative estimate of drug-likeness (QED) is 0.925. The number of nitrogens with two attached hydrogens (primary N) is 1. The molecular weight excluding hydrogens is 295 g/mol. The van der Waals surface area contributed by atoms with E-state index in [0.29, 0.717) is 0 Å². The largest absolute Gasteiger partial charge is 0.333 e. The van der Waals surface area contributed by atoms with Crippen LogP contribution in [0.25, 0.3) is 0 Å². The first-order valence-electron chi connectivity index (χ1n) is 6.90. The summed E-state index contributed by atoms with van der Waals surface area (Å²) in [4.78, 5) is 13.9. The minimum absolute atomic E-state index is 0.0197. The first-order valence-corrected chi connectivity index (χ1v) is 8.44. The van der Waals surface area contributed by atoms with Crippen molar-refractivity contribution in [2.45, 2.75) is 50.1 Å². The van der Waals surface area contributed by atoms with Crippen molar-refractivity contribution in [1.82, 2.24) is 4.90 Å². The number of carbonyl (C=O) groups is 1. The fourth-order valence-electron chi connectivity index (χ4n) is 2.84. The van der Waals surface area contributed by atoms with Gasteiger partial charge in [-0.15, -0.1) is 0 Å². The average molecular weight is 314 g/mol. The molecule has 0 radical (unpaired) electrons. The van der Waals surface area contributed by atoms with Crippen molar-refractivity contribution in [3.8, 4) is 0 Å². The van der Waals surface area contributed by atoms with Crippen LogP contribution in [0.5, 0.6) is 0 Å². The predicted molar refractivity (Wildman–Crippen MR) is 76.7 cm³/mol. The first-order chi connectivity index (χ1) is 9.74. The van der Waals surface area contributed by atoms with Crippen LogP contribution in [-0.2, 0) is 10.0 Å². The Kier molecular flexibility index (Phi) is 4.34. The number of hydrogen-bond acceptors (Lipinski definition) is 3. The van der Waals surface area contributed by atoms with Crippen molar-refractivity contribution in [3.63, 3.8) is 0 Å². The number of rotatable bonds is 3. The zero-order chi connectivity index (χ0) is 15.8. The summed E-state index contributed by atoms with van der Waals surface area (Å²) in [5.41, 5.74) is 0.0197. The molecule has 0 saturated carbocycles. The molecule has 1 aromatic rings. The van der Waals surface area contributed by atoms with Gasteiger partial charge in [0.1, 0.15) is 5.82 Å². The topological polar surface area (TPSA) is 80.5 Å².